The highest BCUT2D eigenvalue weighted by molar-refractivity contribution is 5.94. The van der Waals surface area contributed by atoms with Crippen LogP contribution in [-0.2, 0) is 4.79 Å². The third-order valence-corrected chi connectivity index (χ3v) is 4.70. The summed E-state index contributed by atoms with van der Waals surface area (Å²) in [4.78, 5) is 27.5. The van der Waals surface area contributed by atoms with Gasteiger partial charge in [0.25, 0.3) is 5.91 Å². The molecule has 1 aromatic carbocycles. The number of nitrogens with zero attached hydrogens (tertiary/aromatic N) is 3. The number of hydrogen-bond donors (Lipinski definition) is 1. The molecule has 6 nitrogen and oxygen atoms in total. The van der Waals surface area contributed by atoms with Crippen LogP contribution in [0.15, 0.2) is 36.4 Å². The minimum absolute atomic E-state index is 0.0244. The molecule has 1 fully saturated rings. The standard InChI is InChI=1S/C19H23N3O3/c1-14-3-4-15(2)22(14)17-7-5-16(6-8-17)19(25)21-11-9-20(10-12-21)18(24)13-23/h3-8,23H,9-13H2,1-2H3. The number of aliphatic hydroxyl groups is 1. The number of aromatic nitrogens is 1. The summed E-state index contributed by atoms with van der Waals surface area (Å²) < 4.78 is 2.15. The molecule has 2 amide bonds. The second-order valence-electron chi connectivity index (χ2n) is 6.33. The highest BCUT2D eigenvalue weighted by Crippen LogP contribution is 2.18. The van der Waals surface area contributed by atoms with E-state index in [1.165, 1.54) is 0 Å². The van der Waals surface area contributed by atoms with Gasteiger partial charge in [-0.05, 0) is 50.2 Å². The number of piperazine rings is 1. The summed E-state index contributed by atoms with van der Waals surface area (Å²) in [6.07, 6.45) is 0. The first kappa shape index (κ1) is 17.2. The Labute approximate surface area is 147 Å². The van der Waals surface area contributed by atoms with Crippen LogP contribution in [0.25, 0.3) is 5.69 Å². The van der Waals surface area contributed by atoms with Gasteiger partial charge < -0.3 is 19.5 Å². The molecule has 3 rings (SSSR count). The number of carbonyl (C=O) groups is 2. The molecule has 2 heterocycles. The van der Waals surface area contributed by atoms with Crippen molar-refractivity contribution >= 4 is 11.8 Å². The fraction of sp³-hybridized carbons (Fsp3) is 0.368. The predicted octanol–water partition coefficient (Wildman–Crippen LogP) is 1.37. The van der Waals surface area contributed by atoms with Gasteiger partial charge in [-0.3, -0.25) is 9.59 Å². The summed E-state index contributed by atoms with van der Waals surface area (Å²) in [6, 6.07) is 11.8. The summed E-state index contributed by atoms with van der Waals surface area (Å²) in [5, 5.41) is 8.91. The van der Waals surface area contributed by atoms with E-state index in [1.807, 2.05) is 24.3 Å². The molecule has 2 aromatic rings. The number of rotatable bonds is 3. The Morgan fingerprint density at radius 3 is 1.92 bits per heavy atom. The van der Waals surface area contributed by atoms with Gasteiger partial charge in [0, 0.05) is 48.8 Å². The van der Waals surface area contributed by atoms with Crippen LogP contribution in [-0.4, -0.2) is 64.1 Å². The molecule has 25 heavy (non-hydrogen) atoms. The molecule has 0 radical (unpaired) electrons. The first-order valence-electron chi connectivity index (χ1n) is 8.44. The van der Waals surface area contributed by atoms with E-state index < -0.39 is 6.61 Å². The Morgan fingerprint density at radius 1 is 0.880 bits per heavy atom. The summed E-state index contributed by atoms with van der Waals surface area (Å²) in [7, 11) is 0. The van der Waals surface area contributed by atoms with Crippen molar-refractivity contribution in [1.29, 1.82) is 0 Å². The summed E-state index contributed by atoms with van der Waals surface area (Å²) in [5.74, 6) is -0.308. The molecular formula is C19H23N3O3. The van der Waals surface area contributed by atoms with Crippen molar-refractivity contribution in [3.05, 3.63) is 53.3 Å². The molecule has 1 aliphatic heterocycles. The second-order valence-corrected chi connectivity index (χ2v) is 6.33. The van der Waals surface area contributed by atoms with Crippen LogP contribution in [0, 0.1) is 13.8 Å². The molecule has 132 valence electrons. The zero-order valence-corrected chi connectivity index (χ0v) is 14.6. The number of aryl methyl sites for hydroxylation is 2. The van der Waals surface area contributed by atoms with Gasteiger partial charge in [0.05, 0.1) is 0 Å². The highest BCUT2D eigenvalue weighted by atomic mass is 16.3. The topological polar surface area (TPSA) is 65.8 Å². The van der Waals surface area contributed by atoms with Crippen molar-refractivity contribution in [2.45, 2.75) is 13.8 Å². The molecular weight excluding hydrogens is 318 g/mol. The highest BCUT2D eigenvalue weighted by Gasteiger charge is 2.24. The summed E-state index contributed by atoms with van der Waals surface area (Å²) in [6.45, 7) is 5.53. The number of carbonyl (C=O) groups excluding carboxylic acids is 2. The zero-order chi connectivity index (χ0) is 18.0. The average molecular weight is 341 g/mol. The molecule has 1 saturated heterocycles. The van der Waals surface area contributed by atoms with Crippen LogP contribution in [0.1, 0.15) is 21.7 Å². The largest absolute Gasteiger partial charge is 0.387 e. The summed E-state index contributed by atoms with van der Waals surface area (Å²) in [5.41, 5.74) is 3.99. The number of hydrogen-bond acceptors (Lipinski definition) is 3. The molecule has 1 N–H and O–H groups in total. The Hall–Kier alpha value is -2.60. The van der Waals surface area contributed by atoms with Crippen molar-refractivity contribution in [3.8, 4) is 5.69 Å². The summed E-state index contributed by atoms with van der Waals surface area (Å²) >= 11 is 0. The molecule has 6 heteroatoms. The van der Waals surface area contributed by atoms with E-state index in [0.717, 1.165) is 17.1 Å². The lowest BCUT2D eigenvalue weighted by Gasteiger charge is -2.34. The van der Waals surface area contributed by atoms with Crippen molar-refractivity contribution in [2.24, 2.45) is 0 Å². The van der Waals surface area contributed by atoms with Crippen molar-refractivity contribution in [3.63, 3.8) is 0 Å². The predicted molar refractivity (Wildman–Crippen MR) is 94.8 cm³/mol. The lowest BCUT2D eigenvalue weighted by atomic mass is 10.1. The van der Waals surface area contributed by atoms with Crippen molar-refractivity contribution in [1.82, 2.24) is 14.4 Å². The van der Waals surface area contributed by atoms with Crippen LogP contribution in [0.5, 0.6) is 0 Å². The van der Waals surface area contributed by atoms with E-state index in [-0.39, 0.29) is 11.8 Å². The van der Waals surface area contributed by atoms with Gasteiger partial charge in [0.15, 0.2) is 0 Å². The number of aliphatic hydroxyl groups excluding tert-OH is 1. The lowest BCUT2D eigenvalue weighted by molar-refractivity contribution is -0.135. The first-order chi connectivity index (χ1) is 12.0. The van der Waals surface area contributed by atoms with Crippen LogP contribution in [0.3, 0.4) is 0 Å². The average Bonchev–Trinajstić information content (AvgIpc) is 2.99. The fourth-order valence-electron chi connectivity index (χ4n) is 3.27. The maximum atomic E-state index is 12.6. The van der Waals surface area contributed by atoms with E-state index in [9.17, 15) is 9.59 Å². The van der Waals surface area contributed by atoms with Gasteiger partial charge in [-0.15, -0.1) is 0 Å². The van der Waals surface area contributed by atoms with Crippen LogP contribution in [0.2, 0.25) is 0 Å². The van der Waals surface area contributed by atoms with Gasteiger partial charge in [0.1, 0.15) is 6.61 Å². The van der Waals surface area contributed by atoms with Gasteiger partial charge in [-0.25, -0.2) is 0 Å². The molecule has 1 aliphatic rings. The normalized spacial score (nSPS) is 14.7. The minimum atomic E-state index is -0.479. The molecule has 0 spiro atoms. The van der Waals surface area contributed by atoms with Gasteiger partial charge in [-0.1, -0.05) is 0 Å². The number of amides is 2. The van der Waals surface area contributed by atoms with Crippen LogP contribution >= 0.6 is 0 Å². The second kappa shape index (κ2) is 7.11. The van der Waals surface area contributed by atoms with E-state index in [1.54, 1.807) is 9.80 Å². The van der Waals surface area contributed by atoms with Gasteiger partial charge >= 0.3 is 0 Å². The van der Waals surface area contributed by atoms with E-state index in [2.05, 4.69) is 30.5 Å². The van der Waals surface area contributed by atoms with E-state index in [0.29, 0.717) is 31.7 Å². The van der Waals surface area contributed by atoms with Gasteiger partial charge in [0.2, 0.25) is 5.91 Å². The molecule has 0 saturated carbocycles. The van der Waals surface area contributed by atoms with Crippen LogP contribution in [0.4, 0.5) is 0 Å². The third-order valence-electron chi connectivity index (χ3n) is 4.70. The van der Waals surface area contributed by atoms with E-state index in [4.69, 9.17) is 5.11 Å². The molecule has 0 bridgehead atoms. The molecule has 1 aromatic heterocycles. The first-order valence-corrected chi connectivity index (χ1v) is 8.44. The maximum Gasteiger partial charge on any atom is 0.253 e. The van der Waals surface area contributed by atoms with Gasteiger partial charge in [-0.2, -0.15) is 0 Å². The fourth-order valence-corrected chi connectivity index (χ4v) is 3.27. The Kier molecular flexibility index (Phi) is 4.90. The quantitative estimate of drug-likeness (QED) is 0.917. The maximum absolute atomic E-state index is 12.6. The Balaban J connectivity index is 1.69. The SMILES string of the molecule is Cc1ccc(C)n1-c1ccc(C(=O)N2CCN(C(=O)CO)CC2)cc1. The lowest BCUT2D eigenvalue weighted by Crippen LogP contribution is -2.51. The zero-order valence-electron chi connectivity index (χ0n) is 14.6. The minimum Gasteiger partial charge on any atom is -0.387 e. The Morgan fingerprint density at radius 2 is 1.40 bits per heavy atom. The smallest absolute Gasteiger partial charge is 0.253 e. The number of benzene rings is 1. The van der Waals surface area contributed by atoms with E-state index >= 15 is 0 Å². The third kappa shape index (κ3) is 3.44. The Bertz CT molecular complexity index is 752. The van der Waals surface area contributed by atoms with Crippen molar-refractivity contribution < 1.29 is 14.7 Å². The molecule has 0 atom stereocenters. The molecule has 0 aliphatic carbocycles. The molecule has 0 unspecified atom stereocenters. The van der Waals surface area contributed by atoms with Crippen LogP contribution < -0.4 is 0 Å². The van der Waals surface area contributed by atoms with Crippen molar-refractivity contribution in [2.75, 3.05) is 32.8 Å². The monoisotopic (exact) mass is 341 g/mol.